The Labute approximate surface area is 393 Å². The Morgan fingerprint density at radius 3 is 1.07 bits per heavy atom. The Bertz CT molecular complexity index is 3710. The van der Waals surface area contributed by atoms with Gasteiger partial charge < -0.3 is 9.13 Å². The molecule has 0 fully saturated rings. The summed E-state index contributed by atoms with van der Waals surface area (Å²) in [5.41, 5.74) is 13.4. The molecule has 322 valence electrons. The molecule has 0 unspecified atom stereocenters. The van der Waals surface area contributed by atoms with E-state index in [1.807, 2.05) is 121 Å². The lowest BCUT2D eigenvalue weighted by Crippen LogP contribution is -2.01. The number of hydrogen-bond donors (Lipinski definition) is 0. The van der Waals surface area contributed by atoms with E-state index >= 15 is 0 Å². The average molecular weight is 875 g/mol. The first-order chi connectivity index (χ1) is 33.6. The smallest absolute Gasteiger partial charge is 0.164 e. The van der Waals surface area contributed by atoms with Crippen LogP contribution in [-0.2, 0) is 0 Å². The van der Waals surface area contributed by atoms with Gasteiger partial charge in [0, 0.05) is 72.2 Å². The van der Waals surface area contributed by atoms with Gasteiger partial charge in [0.05, 0.1) is 16.6 Å². The van der Waals surface area contributed by atoms with Crippen LogP contribution in [0.2, 0.25) is 0 Å². The van der Waals surface area contributed by atoms with Crippen LogP contribution in [0.3, 0.4) is 0 Å². The van der Waals surface area contributed by atoms with Gasteiger partial charge in [0.25, 0.3) is 0 Å². The van der Waals surface area contributed by atoms with Crippen LogP contribution < -0.4 is 0 Å². The summed E-state index contributed by atoms with van der Waals surface area (Å²) < 4.78 is 4.74. The first kappa shape index (κ1) is 40.4. The fourth-order valence-electron chi connectivity index (χ4n) is 9.28. The minimum Gasteiger partial charge on any atom is -0.313 e. The molecule has 12 aromatic rings. The summed E-state index contributed by atoms with van der Waals surface area (Å²) in [6.07, 6.45) is 4.34. The van der Waals surface area contributed by atoms with Crippen LogP contribution in [0.1, 0.15) is 18.2 Å². The first-order valence-corrected chi connectivity index (χ1v) is 22.7. The highest BCUT2D eigenvalue weighted by Crippen LogP contribution is 2.40. The van der Waals surface area contributed by atoms with Gasteiger partial charge in [-0.15, -0.1) is 0 Å². The van der Waals surface area contributed by atoms with E-state index in [1.54, 1.807) is 0 Å². The molecule has 0 atom stereocenters. The molecule has 0 spiro atoms. The Hall–Kier alpha value is -9.14. The van der Waals surface area contributed by atoms with Crippen molar-refractivity contribution in [3.8, 4) is 79.7 Å². The second kappa shape index (κ2) is 17.0. The van der Waals surface area contributed by atoms with Crippen LogP contribution in [0.4, 0.5) is 0 Å². The molecular formula is C60H42N8. The van der Waals surface area contributed by atoms with Gasteiger partial charge in [-0.05, 0) is 80.6 Å². The van der Waals surface area contributed by atoms with Crippen molar-refractivity contribution in [2.24, 2.45) is 0 Å². The maximum Gasteiger partial charge on any atom is 0.164 e. The number of fused-ring (bicyclic) bond motifs is 4. The van der Waals surface area contributed by atoms with E-state index in [9.17, 15) is 0 Å². The molecule has 0 N–H and O–H groups in total. The molecule has 0 aliphatic rings. The second-order valence-corrected chi connectivity index (χ2v) is 16.7. The van der Waals surface area contributed by atoms with E-state index in [4.69, 9.17) is 29.9 Å². The molecule has 68 heavy (non-hydrogen) atoms. The molecule has 12 rings (SSSR count). The number of para-hydroxylation sites is 1. The molecule has 0 amide bonds. The third-order valence-electron chi connectivity index (χ3n) is 12.5. The largest absolute Gasteiger partial charge is 0.313 e. The molecular weight excluding hydrogens is 833 g/mol. The number of hydrogen-bond acceptors (Lipinski definition) is 6. The van der Waals surface area contributed by atoms with Crippen LogP contribution in [0.5, 0.6) is 0 Å². The van der Waals surface area contributed by atoms with E-state index < -0.39 is 0 Å². The van der Waals surface area contributed by atoms with E-state index in [2.05, 4.69) is 120 Å². The first-order valence-electron chi connectivity index (χ1n) is 22.7. The molecule has 8 nitrogen and oxygen atoms in total. The van der Waals surface area contributed by atoms with Crippen LogP contribution >= 0.6 is 0 Å². The average Bonchev–Trinajstić information content (AvgIpc) is 3.88. The lowest BCUT2D eigenvalue weighted by molar-refractivity contribution is 1.05. The predicted octanol–water partition coefficient (Wildman–Crippen LogP) is 14.4. The SMILES string of the molecule is C/C=C\c1c(C)n(-c2ccc(-c3nc(-c4ccccc4)nc(-c4ccccc4)n3)cc2)c2cc3c4ccccc4n(-c4ccc(-c5nc(-c6ccccc6)nc(-c6ccccc6)n5)cc4)c3cc12. The molecule has 4 aromatic heterocycles. The third kappa shape index (κ3) is 7.21. The standard InChI is InChI=1S/C60H42N8/c1-3-18-48-39(2)67(46-33-29-44(30-34-46)59-63-55(40-19-8-4-9-20-40)61-56(64-59)41-21-10-5-11-22-41)53-38-51-49-27-16-17-28-52(49)68(54(51)37-50(48)53)47-35-31-45(32-36-47)60-65-57(42-23-12-6-13-24-42)62-58(66-60)43-25-14-7-15-26-43/h3-38H,1-2H3/b18-3-. The third-order valence-corrected chi connectivity index (χ3v) is 12.5. The van der Waals surface area contributed by atoms with Crippen LogP contribution in [-0.4, -0.2) is 39.0 Å². The number of allylic oxidation sites excluding steroid dienone is 1. The summed E-state index contributed by atoms with van der Waals surface area (Å²) in [6, 6.07) is 70.8. The van der Waals surface area contributed by atoms with Crippen molar-refractivity contribution in [3.63, 3.8) is 0 Å². The van der Waals surface area contributed by atoms with E-state index in [0.29, 0.717) is 34.9 Å². The Balaban J connectivity index is 0.960. The minimum atomic E-state index is 0.621. The Kier molecular flexibility index (Phi) is 10.1. The number of benzene rings is 8. The van der Waals surface area contributed by atoms with Crippen LogP contribution in [0.25, 0.3) is 118 Å². The summed E-state index contributed by atoms with van der Waals surface area (Å²) in [4.78, 5) is 29.8. The van der Waals surface area contributed by atoms with Crippen molar-refractivity contribution in [2.45, 2.75) is 13.8 Å². The highest BCUT2D eigenvalue weighted by atomic mass is 15.0. The van der Waals surface area contributed by atoms with Gasteiger partial charge >= 0.3 is 0 Å². The Morgan fingerprint density at radius 1 is 0.324 bits per heavy atom. The number of aromatic nitrogens is 8. The highest BCUT2D eigenvalue weighted by molar-refractivity contribution is 6.14. The molecule has 0 aliphatic carbocycles. The maximum atomic E-state index is 4.99. The van der Waals surface area contributed by atoms with Gasteiger partial charge in [0.1, 0.15) is 0 Å². The molecule has 8 heteroatoms. The van der Waals surface area contributed by atoms with E-state index in [1.165, 1.54) is 21.7 Å². The number of rotatable bonds is 9. The van der Waals surface area contributed by atoms with E-state index in [0.717, 1.165) is 67.0 Å². The van der Waals surface area contributed by atoms with Crippen molar-refractivity contribution in [1.82, 2.24) is 39.0 Å². The molecule has 0 radical (unpaired) electrons. The van der Waals surface area contributed by atoms with Crippen molar-refractivity contribution in [3.05, 3.63) is 224 Å². The minimum absolute atomic E-state index is 0.621. The molecule has 4 heterocycles. The predicted molar refractivity (Wildman–Crippen MR) is 276 cm³/mol. The van der Waals surface area contributed by atoms with Crippen molar-refractivity contribution in [1.29, 1.82) is 0 Å². The van der Waals surface area contributed by atoms with Crippen molar-refractivity contribution >= 4 is 38.8 Å². The topological polar surface area (TPSA) is 87.2 Å². The van der Waals surface area contributed by atoms with E-state index in [-0.39, 0.29) is 0 Å². The van der Waals surface area contributed by atoms with Gasteiger partial charge in [0.15, 0.2) is 34.9 Å². The monoisotopic (exact) mass is 874 g/mol. The maximum absolute atomic E-state index is 4.99. The van der Waals surface area contributed by atoms with Crippen molar-refractivity contribution in [2.75, 3.05) is 0 Å². The zero-order chi connectivity index (χ0) is 45.6. The molecule has 0 saturated carbocycles. The summed E-state index contributed by atoms with van der Waals surface area (Å²) in [5.74, 6) is 3.79. The lowest BCUT2D eigenvalue weighted by Gasteiger charge is -2.12. The zero-order valence-corrected chi connectivity index (χ0v) is 37.4. The summed E-state index contributed by atoms with van der Waals surface area (Å²) in [5, 5.41) is 3.52. The quantitative estimate of drug-likeness (QED) is 0.144. The molecule has 0 bridgehead atoms. The van der Waals surface area contributed by atoms with Gasteiger partial charge in [-0.25, -0.2) is 29.9 Å². The van der Waals surface area contributed by atoms with Gasteiger partial charge in [-0.3, -0.25) is 0 Å². The number of nitrogens with zero attached hydrogens (tertiary/aromatic N) is 8. The molecule has 0 aliphatic heterocycles. The Morgan fingerprint density at radius 2 is 0.662 bits per heavy atom. The molecule has 0 saturated heterocycles. The van der Waals surface area contributed by atoms with Crippen molar-refractivity contribution < 1.29 is 0 Å². The van der Waals surface area contributed by atoms with Crippen LogP contribution in [0, 0.1) is 6.92 Å². The summed E-state index contributed by atoms with van der Waals surface area (Å²) >= 11 is 0. The highest BCUT2D eigenvalue weighted by Gasteiger charge is 2.21. The lowest BCUT2D eigenvalue weighted by atomic mass is 10.1. The molecule has 8 aromatic carbocycles. The van der Waals surface area contributed by atoms with Gasteiger partial charge in [0.2, 0.25) is 0 Å². The summed E-state index contributed by atoms with van der Waals surface area (Å²) in [7, 11) is 0. The fourth-order valence-corrected chi connectivity index (χ4v) is 9.28. The summed E-state index contributed by atoms with van der Waals surface area (Å²) in [6.45, 7) is 4.28. The normalized spacial score (nSPS) is 11.6. The fraction of sp³-hybridized carbons (Fsp3) is 0.0333. The van der Waals surface area contributed by atoms with Gasteiger partial charge in [-0.1, -0.05) is 152 Å². The van der Waals surface area contributed by atoms with Crippen LogP contribution in [0.15, 0.2) is 212 Å². The second-order valence-electron chi connectivity index (χ2n) is 16.7. The zero-order valence-electron chi connectivity index (χ0n) is 37.4. The van der Waals surface area contributed by atoms with Gasteiger partial charge in [-0.2, -0.15) is 0 Å².